The fourth-order valence-corrected chi connectivity index (χ4v) is 3.62. The Morgan fingerprint density at radius 3 is 2.74 bits per heavy atom. The number of aromatic nitrogens is 1. The molecule has 0 spiro atoms. The van der Waals surface area contributed by atoms with Gasteiger partial charge in [0.15, 0.2) is 0 Å². The maximum absolute atomic E-state index is 3.46. The molecule has 2 aliphatic rings. The van der Waals surface area contributed by atoms with Gasteiger partial charge in [0, 0.05) is 31.5 Å². The van der Waals surface area contributed by atoms with Gasteiger partial charge in [-0.1, -0.05) is 6.42 Å². The zero-order valence-electron chi connectivity index (χ0n) is 12.2. The Kier molecular flexibility index (Phi) is 4.24. The van der Waals surface area contributed by atoms with E-state index in [1.54, 1.807) is 11.1 Å². The Hall–Kier alpha value is -0.800. The van der Waals surface area contributed by atoms with Gasteiger partial charge in [-0.2, -0.15) is 0 Å². The van der Waals surface area contributed by atoms with E-state index < -0.39 is 0 Å². The van der Waals surface area contributed by atoms with E-state index in [9.17, 15) is 0 Å². The molecule has 0 bridgehead atoms. The van der Waals surface area contributed by atoms with Crippen molar-refractivity contribution in [3.8, 4) is 0 Å². The molecular formula is C16H27N3. The normalized spacial score (nSPS) is 24.4. The summed E-state index contributed by atoms with van der Waals surface area (Å²) in [5.74, 6) is 0. The van der Waals surface area contributed by atoms with Crippen molar-refractivity contribution < 1.29 is 0 Å². The molecule has 1 fully saturated rings. The Morgan fingerprint density at radius 2 is 1.95 bits per heavy atom. The van der Waals surface area contributed by atoms with E-state index in [4.69, 9.17) is 0 Å². The fraction of sp³-hybridized carbons (Fsp3) is 0.750. The van der Waals surface area contributed by atoms with Gasteiger partial charge in [0.2, 0.25) is 0 Å². The number of likely N-dealkylation sites (tertiary alicyclic amines) is 1. The highest BCUT2D eigenvalue weighted by atomic mass is 15.1. The highest BCUT2D eigenvalue weighted by molar-refractivity contribution is 5.30. The maximum atomic E-state index is 3.46. The SMILES string of the molecule is CNC1CCCc2cn(CCN3CCCCC3)cc21. The quantitative estimate of drug-likeness (QED) is 0.899. The predicted octanol–water partition coefficient (Wildman–Crippen LogP) is 2.57. The van der Waals surface area contributed by atoms with Gasteiger partial charge in [0.25, 0.3) is 0 Å². The number of hydrogen-bond donors (Lipinski definition) is 1. The molecule has 3 rings (SSSR count). The van der Waals surface area contributed by atoms with Gasteiger partial charge in [-0.05, 0) is 63.4 Å². The lowest BCUT2D eigenvalue weighted by molar-refractivity contribution is 0.221. The first kappa shape index (κ1) is 13.2. The van der Waals surface area contributed by atoms with Crippen LogP contribution >= 0.6 is 0 Å². The van der Waals surface area contributed by atoms with Crippen LogP contribution in [0.1, 0.15) is 49.3 Å². The lowest BCUT2D eigenvalue weighted by atomic mass is 9.91. The van der Waals surface area contributed by atoms with Crippen molar-refractivity contribution in [1.82, 2.24) is 14.8 Å². The van der Waals surface area contributed by atoms with Crippen LogP contribution in [-0.2, 0) is 13.0 Å². The molecule has 1 aromatic heterocycles. The first-order valence-electron chi connectivity index (χ1n) is 7.95. The standard InChI is InChI=1S/C16H27N3/c1-17-16-7-5-6-14-12-19(13-15(14)16)11-10-18-8-3-2-4-9-18/h12-13,16-17H,2-11H2,1H3. The molecule has 0 amide bonds. The van der Waals surface area contributed by atoms with Gasteiger partial charge >= 0.3 is 0 Å². The van der Waals surface area contributed by atoms with Crippen molar-refractivity contribution in [2.75, 3.05) is 26.7 Å². The van der Waals surface area contributed by atoms with E-state index in [-0.39, 0.29) is 0 Å². The number of fused-ring (bicyclic) bond motifs is 1. The van der Waals surface area contributed by atoms with Gasteiger partial charge in [-0.3, -0.25) is 0 Å². The third-order valence-corrected chi connectivity index (χ3v) is 4.78. The van der Waals surface area contributed by atoms with Crippen LogP contribution in [0.25, 0.3) is 0 Å². The Morgan fingerprint density at radius 1 is 1.11 bits per heavy atom. The molecule has 1 saturated heterocycles. The minimum atomic E-state index is 0.583. The van der Waals surface area contributed by atoms with Crippen LogP contribution in [0.4, 0.5) is 0 Å². The summed E-state index contributed by atoms with van der Waals surface area (Å²) >= 11 is 0. The second-order valence-electron chi connectivity index (χ2n) is 6.11. The molecule has 1 aliphatic heterocycles. The summed E-state index contributed by atoms with van der Waals surface area (Å²) in [4.78, 5) is 2.62. The molecular weight excluding hydrogens is 234 g/mol. The van der Waals surface area contributed by atoms with Gasteiger partial charge < -0.3 is 14.8 Å². The number of hydrogen-bond acceptors (Lipinski definition) is 2. The van der Waals surface area contributed by atoms with E-state index in [1.807, 2.05) is 0 Å². The van der Waals surface area contributed by atoms with Crippen molar-refractivity contribution in [2.24, 2.45) is 0 Å². The van der Waals surface area contributed by atoms with Crippen LogP contribution in [0.3, 0.4) is 0 Å². The Balaban J connectivity index is 1.60. The molecule has 1 unspecified atom stereocenters. The summed E-state index contributed by atoms with van der Waals surface area (Å²) in [6, 6.07) is 0.583. The van der Waals surface area contributed by atoms with Crippen molar-refractivity contribution in [3.63, 3.8) is 0 Å². The van der Waals surface area contributed by atoms with Crippen molar-refractivity contribution in [3.05, 3.63) is 23.5 Å². The third-order valence-electron chi connectivity index (χ3n) is 4.78. The van der Waals surface area contributed by atoms with Crippen LogP contribution in [0.15, 0.2) is 12.4 Å². The van der Waals surface area contributed by atoms with E-state index in [0.29, 0.717) is 6.04 Å². The molecule has 3 nitrogen and oxygen atoms in total. The summed E-state index contributed by atoms with van der Waals surface area (Å²) in [6.07, 6.45) is 12.9. The Bertz CT molecular complexity index is 404. The highest BCUT2D eigenvalue weighted by Crippen LogP contribution is 2.30. The van der Waals surface area contributed by atoms with Crippen LogP contribution < -0.4 is 5.32 Å². The number of nitrogens with zero attached hydrogens (tertiary/aromatic N) is 2. The molecule has 1 N–H and O–H groups in total. The molecule has 0 aromatic carbocycles. The summed E-state index contributed by atoms with van der Waals surface area (Å²) < 4.78 is 2.43. The molecule has 1 atom stereocenters. The average molecular weight is 261 g/mol. The summed E-state index contributed by atoms with van der Waals surface area (Å²) in [7, 11) is 2.09. The van der Waals surface area contributed by atoms with Gasteiger partial charge in [0.05, 0.1) is 0 Å². The topological polar surface area (TPSA) is 20.2 Å². The van der Waals surface area contributed by atoms with E-state index in [1.165, 1.54) is 58.2 Å². The summed E-state index contributed by atoms with van der Waals surface area (Å²) in [5.41, 5.74) is 3.12. The number of nitrogens with one attached hydrogen (secondary N) is 1. The average Bonchev–Trinajstić information content (AvgIpc) is 2.89. The monoisotopic (exact) mass is 261 g/mol. The summed E-state index contributed by atoms with van der Waals surface area (Å²) in [6.45, 7) is 4.99. The number of rotatable bonds is 4. The van der Waals surface area contributed by atoms with Crippen LogP contribution in [0, 0.1) is 0 Å². The van der Waals surface area contributed by atoms with Crippen molar-refractivity contribution >= 4 is 0 Å². The molecule has 0 saturated carbocycles. The van der Waals surface area contributed by atoms with Crippen LogP contribution in [0.2, 0.25) is 0 Å². The van der Waals surface area contributed by atoms with Gasteiger partial charge in [-0.15, -0.1) is 0 Å². The molecule has 3 heteroatoms. The minimum Gasteiger partial charge on any atom is -0.352 e. The second kappa shape index (κ2) is 6.10. The first-order chi connectivity index (χ1) is 9.36. The molecule has 2 heterocycles. The van der Waals surface area contributed by atoms with E-state index in [0.717, 1.165) is 6.54 Å². The van der Waals surface area contributed by atoms with Crippen LogP contribution in [0.5, 0.6) is 0 Å². The fourth-order valence-electron chi connectivity index (χ4n) is 3.62. The van der Waals surface area contributed by atoms with Crippen molar-refractivity contribution in [2.45, 2.75) is 51.1 Å². The molecule has 0 radical (unpaired) electrons. The molecule has 1 aliphatic carbocycles. The second-order valence-corrected chi connectivity index (χ2v) is 6.11. The predicted molar refractivity (Wildman–Crippen MR) is 79.5 cm³/mol. The Labute approximate surface area is 117 Å². The molecule has 19 heavy (non-hydrogen) atoms. The smallest absolute Gasteiger partial charge is 0.0347 e. The zero-order valence-corrected chi connectivity index (χ0v) is 12.2. The number of piperidine rings is 1. The van der Waals surface area contributed by atoms with Gasteiger partial charge in [0.1, 0.15) is 0 Å². The van der Waals surface area contributed by atoms with Gasteiger partial charge in [-0.25, -0.2) is 0 Å². The zero-order chi connectivity index (χ0) is 13.1. The highest BCUT2D eigenvalue weighted by Gasteiger charge is 2.20. The third kappa shape index (κ3) is 3.03. The minimum absolute atomic E-state index is 0.583. The lowest BCUT2D eigenvalue weighted by Gasteiger charge is -2.26. The van der Waals surface area contributed by atoms with E-state index in [2.05, 4.69) is 34.2 Å². The summed E-state index contributed by atoms with van der Waals surface area (Å²) in [5, 5.41) is 3.46. The lowest BCUT2D eigenvalue weighted by Crippen LogP contribution is -2.32. The van der Waals surface area contributed by atoms with Crippen LogP contribution in [-0.4, -0.2) is 36.1 Å². The van der Waals surface area contributed by atoms with E-state index >= 15 is 0 Å². The van der Waals surface area contributed by atoms with Crippen molar-refractivity contribution in [1.29, 1.82) is 0 Å². The molecule has 106 valence electrons. The maximum Gasteiger partial charge on any atom is 0.0347 e. The largest absolute Gasteiger partial charge is 0.352 e. The number of aryl methyl sites for hydroxylation is 1. The first-order valence-corrected chi connectivity index (χ1v) is 7.95. The molecule has 1 aromatic rings.